The second-order valence-corrected chi connectivity index (χ2v) is 8.82. The molecule has 0 radical (unpaired) electrons. The number of fused-ring (bicyclic) bond motifs is 2. The minimum absolute atomic E-state index is 0.0631. The largest absolute Gasteiger partial charge is 0.350 e. The summed E-state index contributed by atoms with van der Waals surface area (Å²) >= 11 is 5.97. The molecule has 168 valence electrons. The van der Waals surface area contributed by atoms with Crippen molar-refractivity contribution in [3.8, 4) is 0 Å². The number of H-pyrrole nitrogens is 2. The van der Waals surface area contributed by atoms with Crippen molar-refractivity contribution < 1.29 is 13.0 Å². The van der Waals surface area contributed by atoms with Crippen molar-refractivity contribution >= 4 is 43.5 Å². The number of nitrogens with zero attached hydrogens (tertiary/aromatic N) is 2. The van der Waals surface area contributed by atoms with Crippen LogP contribution in [0, 0.1) is 0 Å². The highest BCUT2D eigenvalue weighted by Crippen LogP contribution is 2.18. The quantitative estimate of drug-likeness (QED) is 0.300. The van der Waals surface area contributed by atoms with Gasteiger partial charge in [-0.25, -0.2) is 4.68 Å². The maximum absolute atomic E-state index is 13.1. The highest BCUT2D eigenvalue weighted by atomic mass is 35.5. The highest BCUT2D eigenvalue weighted by Gasteiger charge is 2.20. The summed E-state index contributed by atoms with van der Waals surface area (Å²) in [7, 11) is -3.67. The second-order valence-electron chi connectivity index (χ2n) is 6.92. The lowest BCUT2D eigenvalue weighted by Crippen LogP contribution is -2.36. The zero-order chi connectivity index (χ0) is 23.6. The monoisotopic (exact) mass is 478 g/mol. The van der Waals surface area contributed by atoms with Crippen LogP contribution in [0.2, 0.25) is 5.02 Å². The molecule has 0 spiro atoms. The number of hydrogen-bond acceptors (Lipinski definition) is 6. The highest BCUT2D eigenvalue weighted by molar-refractivity contribution is 7.85. The van der Waals surface area contributed by atoms with Crippen molar-refractivity contribution in [2.24, 2.45) is 0 Å². The SMILES string of the molecule is CCC(c1ccccn1)n1[nH]c(=O)c2[nH]c3cc(Cl)ccc3c(=O)c2c1=O.CS(=O)(=O)O. The molecule has 0 aliphatic rings. The van der Waals surface area contributed by atoms with Crippen molar-refractivity contribution in [2.75, 3.05) is 6.26 Å². The van der Waals surface area contributed by atoms with Gasteiger partial charge in [0.05, 0.1) is 23.5 Å². The Bertz CT molecular complexity index is 1570. The summed E-state index contributed by atoms with van der Waals surface area (Å²) in [4.78, 5) is 45.8. The minimum atomic E-state index is -3.67. The third kappa shape index (κ3) is 4.96. The minimum Gasteiger partial charge on any atom is -0.350 e. The molecule has 3 N–H and O–H groups in total. The van der Waals surface area contributed by atoms with Crippen molar-refractivity contribution in [3.63, 3.8) is 0 Å². The molecule has 3 aromatic heterocycles. The lowest BCUT2D eigenvalue weighted by atomic mass is 10.1. The number of aromatic nitrogens is 4. The fourth-order valence-electron chi connectivity index (χ4n) is 3.29. The first-order chi connectivity index (χ1) is 15.0. The molecule has 32 heavy (non-hydrogen) atoms. The topological polar surface area (TPSA) is 155 Å². The van der Waals surface area contributed by atoms with E-state index in [2.05, 4.69) is 15.1 Å². The van der Waals surface area contributed by atoms with Crippen LogP contribution in [-0.4, -0.2) is 39.0 Å². The Kier molecular flexibility index (Phi) is 6.63. The van der Waals surface area contributed by atoms with Crippen LogP contribution in [0.4, 0.5) is 0 Å². The molecule has 0 fully saturated rings. The maximum atomic E-state index is 13.1. The predicted molar refractivity (Wildman–Crippen MR) is 122 cm³/mol. The van der Waals surface area contributed by atoms with Gasteiger partial charge >= 0.3 is 0 Å². The molecule has 0 bridgehead atoms. The average Bonchev–Trinajstić information content (AvgIpc) is 2.71. The predicted octanol–water partition coefficient (Wildman–Crippen LogP) is 2.08. The number of hydrogen-bond donors (Lipinski definition) is 3. The molecule has 0 amide bonds. The number of nitrogens with one attached hydrogen (secondary N) is 2. The molecular formula is C20H19ClN4O6S. The Labute approximate surface area is 186 Å². The first kappa shape index (κ1) is 23.4. The Balaban J connectivity index is 0.000000523. The maximum Gasteiger partial charge on any atom is 0.287 e. The fourth-order valence-corrected chi connectivity index (χ4v) is 3.46. The van der Waals surface area contributed by atoms with Gasteiger partial charge in [0.25, 0.3) is 21.2 Å². The van der Waals surface area contributed by atoms with E-state index in [9.17, 15) is 22.8 Å². The van der Waals surface area contributed by atoms with Crippen LogP contribution < -0.4 is 16.5 Å². The van der Waals surface area contributed by atoms with Crippen LogP contribution in [0.25, 0.3) is 21.8 Å². The van der Waals surface area contributed by atoms with Crippen LogP contribution in [0.1, 0.15) is 25.1 Å². The molecule has 12 heteroatoms. The molecule has 0 saturated carbocycles. The van der Waals surface area contributed by atoms with Crippen molar-refractivity contribution in [2.45, 2.75) is 19.4 Å². The molecule has 10 nitrogen and oxygen atoms in total. The third-order valence-corrected chi connectivity index (χ3v) is 4.81. The molecule has 1 aromatic carbocycles. The summed E-state index contributed by atoms with van der Waals surface area (Å²) in [5, 5.41) is 3.12. The lowest BCUT2D eigenvalue weighted by Gasteiger charge is -2.17. The van der Waals surface area contributed by atoms with Gasteiger partial charge in [0.1, 0.15) is 10.9 Å². The van der Waals surface area contributed by atoms with E-state index in [4.69, 9.17) is 16.2 Å². The van der Waals surface area contributed by atoms with Crippen LogP contribution in [-0.2, 0) is 10.1 Å². The smallest absolute Gasteiger partial charge is 0.287 e. The number of aromatic amines is 2. The van der Waals surface area contributed by atoms with E-state index in [1.54, 1.807) is 36.5 Å². The van der Waals surface area contributed by atoms with E-state index in [-0.39, 0.29) is 10.9 Å². The van der Waals surface area contributed by atoms with Gasteiger partial charge in [-0.05, 0) is 36.8 Å². The second kappa shape index (κ2) is 9.07. The molecule has 0 aliphatic carbocycles. The fraction of sp³-hybridized carbons (Fsp3) is 0.200. The average molecular weight is 479 g/mol. The molecule has 1 unspecified atom stereocenters. The van der Waals surface area contributed by atoms with Gasteiger partial charge in [0, 0.05) is 16.6 Å². The summed E-state index contributed by atoms with van der Waals surface area (Å²) in [6.45, 7) is 1.88. The van der Waals surface area contributed by atoms with E-state index in [1.807, 2.05) is 6.92 Å². The molecule has 0 aliphatic heterocycles. The molecular weight excluding hydrogens is 460 g/mol. The standard InChI is InChI=1S/C19H15ClN4O3.CH4O3S/c1-2-14(12-5-3-4-8-21-12)24-19(27)15-16(18(26)23-24)22-13-9-10(20)6-7-11(13)17(15)25;1-5(2,3)4/h3-9,14H,2H2,1H3,(H,22,25)(H,23,26);1H3,(H,2,3,4). The Hall–Kier alpha value is -3.28. The molecule has 4 aromatic rings. The number of benzene rings is 1. The zero-order valence-electron chi connectivity index (χ0n) is 17.0. The van der Waals surface area contributed by atoms with Gasteiger partial charge in [-0.1, -0.05) is 24.6 Å². The van der Waals surface area contributed by atoms with Gasteiger partial charge in [-0.2, -0.15) is 8.42 Å². The van der Waals surface area contributed by atoms with Crippen LogP contribution in [0.3, 0.4) is 0 Å². The normalized spacial score (nSPS) is 12.4. The number of pyridine rings is 2. The summed E-state index contributed by atoms with van der Waals surface area (Å²) in [5.74, 6) is 0. The van der Waals surface area contributed by atoms with Crippen molar-refractivity contribution in [3.05, 3.63) is 84.2 Å². The van der Waals surface area contributed by atoms with Crippen molar-refractivity contribution in [1.29, 1.82) is 0 Å². The summed E-state index contributed by atoms with van der Waals surface area (Å²) in [6, 6.07) is 9.51. The van der Waals surface area contributed by atoms with Gasteiger partial charge in [0.15, 0.2) is 0 Å². The molecule has 3 heterocycles. The van der Waals surface area contributed by atoms with Gasteiger partial charge < -0.3 is 4.98 Å². The summed E-state index contributed by atoms with van der Waals surface area (Å²) in [5.41, 5.74) is -0.665. The van der Waals surface area contributed by atoms with Crippen LogP contribution in [0.15, 0.2) is 57.0 Å². The summed E-state index contributed by atoms with van der Waals surface area (Å²) < 4.78 is 27.1. The van der Waals surface area contributed by atoms with E-state index in [1.165, 1.54) is 10.7 Å². The van der Waals surface area contributed by atoms with E-state index in [0.29, 0.717) is 34.3 Å². The number of rotatable bonds is 3. The molecule has 1 atom stereocenters. The van der Waals surface area contributed by atoms with Gasteiger partial charge in [-0.3, -0.25) is 29.0 Å². The first-order valence-corrected chi connectivity index (χ1v) is 11.6. The van der Waals surface area contributed by atoms with E-state index >= 15 is 0 Å². The number of halogens is 1. The van der Waals surface area contributed by atoms with Gasteiger partial charge in [0.2, 0.25) is 5.43 Å². The Morgan fingerprint density at radius 2 is 1.88 bits per heavy atom. The zero-order valence-corrected chi connectivity index (χ0v) is 18.6. The molecule has 0 saturated heterocycles. The van der Waals surface area contributed by atoms with E-state index in [0.717, 1.165) is 0 Å². The van der Waals surface area contributed by atoms with Crippen LogP contribution in [0.5, 0.6) is 0 Å². The summed E-state index contributed by atoms with van der Waals surface area (Å²) in [6.07, 6.45) is 2.85. The Morgan fingerprint density at radius 1 is 1.19 bits per heavy atom. The van der Waals surface area contributed by atoms with Gasteiger partial charge in [-0.15, -0.1) is 0 Å². The lowest BCUT2D eigenvalue weighted by molar-refractivity contribution is 0.472. The first-order valence-electron chi connectivity index (χ1n) is 9.34. The van der Waals surface area contributed by atoms with E-state index < -0.39 is 32.7 Å². The Morgan fingerprint density at radius 3 is 2.47 bits per heavy atom. The third-order valence-electron chi connectivity index (χ3n) is 4.57. The van der Waals surface area contributed by atoms with Crippen molar-refractivity contribution in [1.82, 2.24) is 19.7 Å². The van der Waals surface area contributed by atoms with Crippen LogP contribution >= 0.6 is 11.6 Å². The molecule has 4 rings (SSSR count).